The van der Waals surface area contributed by atoms with Crippen LogP contribution in [0.5, 0.6) is 0 Å². The second kappa shape index (κ2) is 65.4. The van der Waals surface area contributed by atoms with Crippen LogP contribution < -0.4 is 0 Å². The zero-order chi connectivity index (χ0) is 55.0. The molecule has 0 saturated heterocycles. The summed E-state index contributed by atoms with van der Waals surface area (Å²) in [6, 6.07) is 0. The normalized spacial score (nSPS) is 12.1. The van der Waals surface area contributed by atoms with E-state index in [-0.39, 0.29) is 31.1 Å². The Morgan fingerprint density at radius 1 is 0.263 bits per heavy atom. The molecule has 0 amide bonds. The van der Waals surface area contributed by atoms with Gasteiger partial charge in [-0.2, -0.15) is 0 Å². The van der Waals surface area contributed by atoms with Gasteiger partial charge in [0, 0.05) is 19.3 Å². The van der Waals surface area contributed by atoms with E-state index in [0.29, 0.717) is 19.3 Å². The monoisotopic (exact) mass is 1070 g/mol. The van der Waals surface area contributed by atoms with Gasteiger partial charge < -0.3 is 14.2 Å². The van der Waals surface area contributed by atoms with Crippen molar-refractivity contribution in [2.75, 3.05) is 13.2 Å². The number of carbonyl (C=O) groups excluding carboxylic acids is 3. The predicted octanol–water partition coefficient (Wildman–Crippen LogP) is 23.4. The molecule has 0 heterocycles. The second-order valence-electron chi connectivity index (χ2n) is 23.5. The quantitative estimate of drug-likeness (QED) is 0.0261. The van der Waals surface area contributed by atoms with E-state index in [1.807, 2.05) is 0 Å². The first-order valence-electron chi connectivity index (χ1n) is 34.3. The minimum Gasteiger partial charge on any atom is -0.462 e. The first-order chi connectivity index (χ1) is 37.5. The van der Waals surface area contributed by atoms with Crippen LogP contribution in [0.25, 0.3) is 0 Å². The van der Waals surface area contributed by atoms with E-state index in [1.165, 1.54) is 283 Å². The fraction of sp³-hybridized carbons (Fsp3) is 0.900. The van der Waals surface area contributed by atoms with Gasteiger partial charge in [0.25, 0.3) is 0 Å². The molecule has 0 spiro atoms. The molecule has 0 aromatic heterocycles. The number of ether oxygens (including phenoxy) is 3. The molecule has 0 radical (unpaired) electrons. The molecule has 1 unspecified atom stereocenters. The van der Waals surface area contributed by atoms with E-state index in [4.69, 9.17) is 14.2 Å². The third-order valence-electron chi connectivity index (χ3n) is 15.7. The minimum absolute atomic E-state index is 0.0633. The van der Waals surface area contributed by atoms with Crippen LogP contribution in [0.3, 0.4) is 0 Å². The van der Waals surface area contributed by atoms with Crippen LogP contribution in [0.2, 0.25) is 0 Å². The van der Waals surface area contributed by atoms with Crippen molar-refractivity contribution in [2.45, 2.75) is 393 Å². The van der Waals surface area contributed by atoms with Gasteiger partial charge in [-0.3, -0.25) is 14.4 Å². The van der Waals surface area contributed by atoms with Gasteiger partial charge in [-0.1, -0.05) is 340 Å². The van der Waals surface area contributed by atoms with Gasteiger partial charge in [0.2, 0.25) is 0 Å². The van der Waals surface area contributed by atoms with Crippen LogP contribution >= 0.6 is 0 Å². The number of rotatable bonds is 64. The highest BCUT2D eigenvalue weighted by Gasteiger charge is 2.19. The SMILES string of the molecule is CCCCCCC/C=C\C/C=C\CCCCCCCCCCCCCCCCCCCCCCCC(=O)OCC(COC(=O)CCCCCCCCCCCC)OC(=O)CCCCCCCCCCCCCCCCC. The summed E-state index contributed by atoms with van der Waals surface area (Å²) in [6.07, 6.45) is 79.4. The Morgan fingerprint density at radius 2 is 0.474 bits per heavy atom. The summed E-state index contributed by atoms with van der Waals surface area (Å²) < 4.78 is 16.9. The minimum atomic E-state index is -0.764. The van der Waals surface area contributed by atoms with Crippen molar-refractivity contribution in [1.29, 1.82) is 0 Å². The highest BCUT2D eigenvalue weighted by molar-refractivity contribution is 5.71. The maximum atomic E-state index is 12.9. The van der Waals surface area contributed by atoms with Crippen molar-refractivity contribution >= 4 is 17.9 Å². The van der Waals surface area contributed by atoms with E-state index >= 15 is 0 Å². The van der Waals surface area contributed by atoms with Crippen molar-refractivity contribution in [2.24, 2.45) is 0 Å². The number of hydrogen-bond acceptors (Lipinski definition) is 6. The number of allylic oxidation sites excluding steroid dienone is 4. The van der Waals surface area contributed by atoms with Gasteiger partial charge in [0.15, 0.2) is 6.10 Å². The molecule has 0 aromatic rings. The fourth-order valence-corrected chi connectivity index (χ4v) is 10.5. The maximum Gasteiger partial charge on any atom is 0.306 e. The van der Waals surface area contributed by atoms with Crippen molar-refractivity contribution in [3.05, 3.63) is 24.3 Å². The Hall–Kier alpha value is -2.11. The molecule has 76 heavy (non-hydrogen) atoms. The third kappa shape index (κ3) is 62.7. The molecular formula is C70H132O6. The Morgan fingerprint density at radius 3 is 0.724 bits per heavy atom. The van der Waals surface area contributed by atoms with E-state index in [2.05, 4.69) is 45.1 Å². The molecule has 0 fully saturated rings. The number of unbranched alkanes of at least 4 members (excludes halogenated alkanes) is 49. The highest BCUT2D eigenvalue weighted by Crippen LogP contribution is 2.18. The molecule has 1 atom stereocenters. The summed E-state index contributed by atoms with van der Waals surface area (Å²) in [4.78, 5) is 38.2. The Bertz CT molecular complexity index is 1230. The average Bonchev–Trinajstić information content (AvgIpc) is 3.42. The van der Waals surface area contributed by atoms with Gasteiger partial charge in [-0.25, -0.2) is 0 Å². The summed E-state index contributed by atoms with van der Waals surface area (Å²) in [6.45, 7) is 6.68. The molecule has 0 saturated carbocycles. The maximum absolute atomic E-state index is 12.9. The molecular weight excluding hydrogens is 937 g/mol. The summed E-state index contributed by atoms with van der Waals surface area (Å²) in [5, 5.41) is 0. The zero-order valence-corrected chi connectivity index (χ0v) is 51.6. The highest BCUT2D eigenvalue weighted by atomic mass is 16.6. The van der Waals surface area contributed by atoms with Gasteiger partial charge in [0.05, 0.1) is 0 Å². The lowest BCUT2D eigenvalue weighted by molar-refractivity contribution is -0.167. The fourth-order valence-electron chi connectivity index (χ4n) is 10.5. The molecule has 0 aliphatic carbocycles. The van der Waals surface area contributed by atoms with Crippen molar-refractivity contribution in [3.63, 3.8) is 0 Å². The first-order valence-corrected chi connectivity index (χ1v) is 34.3. The molecule has 0 aromatic carbocycles. The topological polar surface area (TPSA) is 78.9 Å². The second-order valence-corrected chi connectivity index (χ2v) is 23.5. The van der Waals surface area contributed by atoms with Gasteiger partial charge >= 0.3 is 17.9 Å². The third-order valence-corrected chi connectivity index (χ3v) is 15.7. The van der Waals surface area contributed by atoms with E-state index in [9.17, 15) is 14.4 Å². The largest absolute Gasteiger partial charge is 0.462 e. The number of hydrogen-bond donors (Lipinski definition) is 0. The molecule has 6 nitrogen and oxygen atoms in total. The smallest absolute Gasteiger partial charge is 0.306 e. The summed E-state index contributed by atoms with van der Waals surface area (Å²) in [7, 11) is 0. The van der Waals surface area contributed by atoms with Crippen molar-refractivity contribution in [3.8, 4) is 0 Å². The van der Waals surface area contributed by atoms with E-state index in [1.54, 1.807) is 0 Å². The number of esters is 3. The van der Waals surface area contributed by atoms with Gasteiger partial charge in [-0.15, -0.1) is 0 Å². The summed E-state index contributed by atoms with van der Waals surface area (Å²) in [5.41, 5.74) is 0. The summed E-state index contributed by atoms with van der Waals surface area (Å²) >= 11 is 0. The van der Waals surface area contributed by atoms with Crippen LogP contribution in [0.4, 0.5) is 0 Å². The van der Waals surface area contributed by atoms with Crippen LogP contribution in [0, 0.1) is 0 Å². The summed E-state index contributed by atoms with van der Waals surface area (Å²) in [5.74, 6) is -0.836. The van der Waals surface area contributed by atoms with Crippen LogP contribution in [0.1, 0.15) is 387 Å². The van der Waals surface area contributed by atoms with Crippen LogP contribution in [-0.4, -0.2) is 37.2 Å². The Labute approximate surface area is 474 Å². The van der Waals surface area contributed by atoms with Gasteiger partial charge in [0.1, 0.15) is 13.2 Å². The predicted molar refractivity (Wildman–Crippen MR) is 330 cm³/mol. The molecule has 448 valence electrons. The lowest BCUT2D eigenvalue weighted by Crippen LogP contribution is -2.30. The van der Waals surface area contributed by atoms with Crippen LogP contribution in [-0.2, 0) is 28.6 Å². The van der Waals surface area contributed by atoms with Crippen molar-refractivity contribution < 1.29 is 28.6 Å². The lowest BCUT2D eigenvalue weighted by atomic mass is 10.0. The van der Waals surface area contributed by atoms with E-state index in [0.717, 1.165) is 64.2 Å². The van der Waals surface area contributed by atoms with Gasteiger partial charge in [-0.05, 0) is 51.4 Å². The molecule has 6 heteroatoms. The van der Waals surface area contributed by atoms with Crippen molar-refractivity contribution in [1.82, 2.24) is 0 Å². The Balaban J connectivity index is 4.01. The average molecular weight is 1070 g/mol. The standard InChI is InChI=1S/C70H132O6/c1-4-7-10-13-16-19-22-24-26-27-28-29-30-31-32-33-34-35-36-37-38-39-40-41-42-43-45-46-48-51-54-57-60-63-69(72)75-66-67(65-74-68(71)62-59-56-53-50-21-18-15-12-9-6-3)76-70(73)64-61-58-55-52-49-47-44-25-23-20-17-14-11-8-5-2/h22,24,27-28,67H,4-21,23,25-26,29-66H2,1-3H3/b24-22-,28-27-. The van der Waals surface area contributed by atoms with Crippen LogP contribution in [0.15, 0.2) is 24.3 Å². The molecule has 0 aliphatic heterocycles. The number of carbonyl (C=O) groups is 3. The van der Waals surface area contributed by atoms with E-state index < -0.39 is 6.10 Å². The molecule has 0 bridgehead atoms. The molecule has 0 rings (SSSR count). The lowest BCUT2D eigenvalue weighted by Gasteiger charge is -2.18. The Kier molecular flexibility index (Phi) is 63.6. The molecule has 0 aliphatic rings. The first kappa shape index (κ1) is 73.9. The molecule has 0 N–H and O–H groups in total. The zero-order valence-electron chi connectivity index (χ0n) is 51.6.